The Balaban J connectivity index is 1.25. The standard InChI is InChI=1S/C27H23N3O5S/c1-17-21-23(36-22(17)27(34)35-15-12-18-8-3-2-4-9-18)28-16-29(26(21)33)13-7-14-30-24(31)19-10-5-6-11-20(19)25(30)32/h2-6,8-11,16H,7,12-15H2,1H3. The Hall–Kier alpha value is -4.11. The van der Waals surface area contributed by atoms with Crippen LogP contribution in [0.4, 0.5) is 0 Å². The summed E-state index contributed by atoms with van der Waals surface area (Å²) in [4.78, 5) is 57.3. The van der Waals surface area contributed by atoms with E-state index < -0.39 is 5.97 Å². The summed E-state index contributed by atoms with van der Waals surface area (Å²) in [5.74, 6) is -1.11. The van der Waals surface area contributed by atoms with E-state index in [4.69, 9.17) is 4.74 Å². The second-order valence-electron chi connectivity index (χ2n) is 8.51. The predicted octanol–water partition coefficient (Wildman–Crippen LogP) is 3.85. The third-order valence-corrected chi connectivity index (χ3v) is 7.41. The van der Waals surface area contributed by atoms with Crippen LogP contribution in [0.1, 0.15) is 47.9 Å². The maximum atomic E-state index is 13.1. The van der Waals surface area contributed by atoms with E-state index in [0.717, 1.165) is 16.9 Å². The number of hydrogen-bond acceptors (Lipinski definition) is 7. The molecule has 0 N–H and O–H groups in total. The van der Waals surface area contributed by atoms with Gasteiger partial charge in [-0.15, -0.1) is 11.3 Å². The highest BCUT2D eigenvalue weighted by Crippen LogP contribution is 2.28. The van der Waals surface area contributed by atoms with Gasteiger partial charge in [0, 0.05) is 19.5 Å². The second kappa shape index (κ2) is 9.87. The van der Waals surface area contributed by atoms with Gasteiger partial charge in [-0.2, -0.15) is 0 Å². The summed E-state index contributed by atoms with van der Waals surface area (Å²) in [6, 6.07) is 16.5. The fourth-order valence-corrected chi connectivity index (χ4v) is 5.36. The molecule has 0 aliphatic carbocycles. The number of rotatable bonds is 8. The Morgan fingerprint density at radius 3 is 2.31 bits per heavy atom. The molecular weight excluding hydrogens is 478 g/mol. The molecule has 4 aromatic rings. The summed E-state index contributed by atoms with van der Waals surface area (Å²) < 4.78 is 6.90. The van der Waals surface area contributed by atoms with Crippen molar-refractivity contribution >= 4 is 39.3 Å². The average molecular weight is 502 g/mol. The summed E-state index contributed by atoms with van der Waals surface area (Å²) in [6.45, 7) is 2.44. The number of aryl methyl sites for hydroxylation is 2. The molecule has 2 aromatic carbocycles. The van der Waals surface area contributed by atoms with E-state index in [-0.39, 0.29) is 37.1 Å². The van der Waals surface area contributed by atoms with Crippen molar-refractivity contribution in [3.8, 4) is 0 Å². The Morgan fingerprint density at radius 2 is 1.61 bits per heavy atom. The molecule has 182 valence electrons. The van der Waals surface area contributed by atoms with Gasteiger partial charge in [0.25, 0.3) is 17.4 Å². The van der Waals surface area contributed by atoms with Crippen LogP contribution in [0.15, 0.2) is 65.7 Å². The molecule has 8 nitrogen and oxygen atoms in total. The molecule has 36 heavy (non-hydrogen) atoms. The summed E-state index contributed by atoms with van der Waals surface area (Å²) in [5, 5.41) is 0.387. The number of fused-ring (bicyclic) bond motifs is 2. The maximum absolute atomic E-state index is 13.1. The molecule has 0 bridgehead atoms. The lowest BCUT2D eigenvalue weighted by Crippen LogP contribution is -2.32. The van der Waals surface area contributed by atoms with Gasteiger partial charge in [-0.3, -0.25) is 23.9 Å². The largest absolute Gasteiger partial charge is 0.461 e. The molecule has 0 saturated carbocycles. The zero-order valence-electron chi connectivity index (χ0n) is 19.6. The topological polar surface area (TPSA) is 98.6 Å². The molecular formula is C27H23N3O5S. The lowest BCUT2D eigenvalue weighted by molar-refractivity contribution is 0.0513. The van der Waals surface area contributed by atoms with Gasteiger partial charge in [0.2, 0.25) is 0 Å². The number of carbonyl (C=O) groups is 3. The number of hydrogen-bond donors (Lipinski definition) is 0. The lowest BCUT2D eigenvalue weighted by atomic mass is 10.1. The molecule has 2 aromatic heterocycles. The van der Waals surface area contributed by atoms with Gasteiger partial charge in [0.15, 0.2) is 0 Å². The van der Waals surface area contributed by atoms with Gasteiger partial charge >= 0.3 is 5.97 Å². The number of ether oxygens (including phenoxy) is 1. The molecule has 0 unspecified atom stereocenters. The number of benzene rings is 2. The molecule has 0 atom stereocenters. The molecule has 0 radical (unpaired) electrons. The van der Waals surface area contributed by atoms with Crippen LogP contribution >= 0.6 is 11.3 Å². The number of amides is 2. The average Bonchev–Trinajstić information content (AvgIpc) is 3.36. The predicted molar refractivity (Wildman–Crippen MR) is 135 cm³/mol. The van der Waals surface area contributed by atoms with Crippen LogP contribution in [0.25, 0.3) is 10.2 Å². The van der Waals surface area contributed by atoms with E-state index in [9.17, 15) is 19.2 Å². The van der Waals surface area contributed by atoms with Crippen molar-refractivity contribution in [2.75, 3.05) is 13.2 Å². The Morgan fingerprint density at radius 1 is 0.944 bits per heavy atom. The van der Waals surface area contributed by atoms with E-state index in [1.54, 1.807) is 31.2 Å². The molecule has 3 heterocycles. The summed E-state index contributed by atoms with van der Waals surface area (Å²) in [6.07, 6.45) is 2.44. The normalized spacial score (nSPS) is 12.9. The first-order chi connectivity index (χ1) is 17.5. The number of nitrogens with zero attached hydrogens (tertiary/aromatic N) is 3. The quantitative estimate of drug-likeness (QED) is 0.269. The van der Waals surface area contributed by atoms with E-state index in [0.29, 0.717) is 44.6 Å². The van der Waals surface area contributed by atoms with Gasteiger partial charge in [-0.25, -0.2) is 9.78 Å². The molecule has 1 aliphatic rings. The number of esters is 1. The van der Waals surface area contributed by atoms with E-state index in [2.05, 4.69) is 4.98 Å². The van der Waals surface area contributed by atoms with Crippen LogP contribution < -0.4 is 5.56 Å². The van der Waals surface area contributed by atoms with Crippen LogP contribution in [-0.4, -0.2) is 45.4 Å². The van der Waals surface area contributed by atoms with Crippen LogP contribution in [0.2, 0.25) is 0 Å². The number of aromatic nitrogens is 2. The fraction of sp³-hybridized carbons (Fsp3) is 0.222. The molecule has 9 heteroatoms. The highest BCUT2D eigenvalue weighted by Gasteiger charge is 2.34. The zero-order valence-corrected chi connectivity index (χ0v) is 20.4. The first-order valence-corrected chi connectivity index (χ1v) is 12.4. The Bertz CT molecular complexity index is 1510. The minimum absolute atomic E-state index is 0.193. The van der Waals surface area contributed by atoms with Crippen molar-refractivity contribution in [2.45, 2.75) is 26.3 Å². The molecule has 0 spiro atoms. The van der Waals surface area contributed by atoms with Crippen molar-refractivity contribution in [2.24, 2.45) is 0 Å². The second-order valence-corrected chi connectivity index (χ2v) is 9.51. The zero-order chi connectivity index (χ0) is 25.2. The van der Waals surface area contributed by atoms with E-state index >= 15 is 0 Å². The van der Waals surface area contributed by atoms with Crippen molar-refractivity contribution in [1.29, 1.82) is 0 Å². The maximum Gasteiger partial charge on any atom is 0.348 e. The number of carbonyl (C=O) groups excluding carboxylic acids is 3. The lowest BCUT2D eigenvalue weighted by Gasteiger charge is -2.14. The van der Waals surface area contributed by atoms with Crippen molar-refractivity contribution < 1.29 is 19.1 Å². The van der Waals surface area contributed by atoms with Crippen molar-refractivity contribution in [3.05, 3.63) is 98.4 Å². The third-order valence-electron chi connectivity index (χ3n) is 6.23. The fourth-order valence-electron chi connectivity index (χ4n) is 4.33. The van der Waals surface area contributed by atoms with Gasteiger partial charge in [0.05, 0.1) is 29.4 Å². The van der Waals surface area contributed by atoms with Gasteiger partial charge in [-0.05, 0) is 36.6 Å². The highest BCUT2D eigenvalue weighted by molar-refractivity contribution is 7.20. The minimum Gasteiger partial charge on any atom is -0.461 e. The molecule has 0 saturated heterocycles. The van der Waals surface area contributed by atoms with Crippen LogP contribution in [0.5, 0.6) is 0 Å². The monoisotopic (exact) mass is 501 g/mol. The number of thiophene rings is 1. The Kier molecular flexibility index (Phi) is 6.47. The minimum atomic E-state index is -0.469. The SMILES string of the molecule is Cc1c(C(=O)OCCc2ccccc2)sc2ncn(CCCN3C(=O)c4ccccc4C3=O)c(=O)c12. The van der Waals surface area contributed by atoms with Gasteiger partial charge < -0.3 is 4.74 Å². The molecule has 5 rings (SSSR count). The van der Waals surface area contributed by atoms with E-state index in [1.807, 2.05) is 30.3 Å². The van der Waals surface area contributed by atoms with Gasteiger partial charge in [-0.1, -0.05) is 42.5 Å². The summed E-state index contributed by atoms with van der Waals surface area (Å²) >= 11 is 1.14. The molecule has 1 aliphatic heterocycles. The highest BCUT2D eigenvalue weighted by atomic mass is 32.1. The summed E-state index contributed by atoms with van der Waals surface area (Å²) in [7, 11) is 0. The first-order valence-electron chi connectivity index (χ1n) is 11.6. The number of imide groups is 1. The molecule has 0 fully saturated rings. The smallest absolute Gasteiger partial charge is 0.348 e. The van der Waals surface area contributed by atoms with E-state index in [1.165, 1.54) is 15.8 Å². The Labute approximate surface area is 210 Å². The van der Waals surface area contributed by atoms with Crippen LogP contribution in [0, 0.1) is 6.92 Å². The van der Waals surface area contributed by atoms with Crippen LogP contribution in [-0.2, 0) is 17.7 Å². The summed E-state index contributed by atoms with van der Waals surface area (Å²) in [5.41, 5.74) is 2.16. The van der Waals surface area contributed by atoms with Crippen LogP contribution in [0.3, 0.4) is 0 Å². The van der Waals surface area contributed by atoms with Crippen molar-refractivity contribution in [1.82, 2.24) is 14.5 Å². The third kappa shape index (κ3) is 4.33. The van der Waals surface area contributed by atoms with Gasteiger partial charge in [0.1, 0.15) is 9.71 Å². The van der Waals surface area contributed by atoms with Crippen molar-refractivity contribution in [3.63, 3.8) is 0 Å². The molecule has 2 amide bonds. The first kappa shape index (κ1) is 23.6.